The molecule has 0 aliphatic heterocycles. The highest BCUT2D eigenvalue weighted by molar-refractivity contribution is 5.66. The van der Waals surface area contributed by atoms with Crippen molar-refractivity contribution in [1.29, 1.82) is 0 Å². The maximum absolute atomic E-state index is 11.6. The number of hydrogen-bond acceptors (Lipinski definition) is 4. The van der Waals surface area contributed by atoms with Crippen LogP contribution >= 0.6 is 0 Å². The van der Waals surface area contributed by atoms with E-state index in [9.17, 15) is 10.0 Å². The zero-order chi connectivity index (χ0) is 17.6. The summed E-state index contributed by atoms with van der Waals surface area (Å²) >= 11 is 0. The van der Waals surface area contributed by atoms with Crippen molar-refractivity contribution in [1.82, 2.24) is 5.06 Å². The molecule has 0 unspecified atom stereocenters. The Kier molecular flexibility index (Phi) is 5.36. The number of rotatable bonds is 5. The van der Waals surface area contributed by atoms with Crippen LogP contribution in [-0.2, 0) is 11.2 Å². The van der Waals surface area contributed by atoms with Crippen LogP contribution in [0.15, 0.2) is 66.7 Å². The lowest BCUT2D eigenvalue weighted by Gasteiger charge is -2.26. The van der Waals surface area contributed by atoms with Crippen molar-refractivity contribution in [3.63, 3.8) is 0 Å². The minimum atomic E-state index is -0.736. The number of hydroxylamine groups is 2. The molecule has 0 saturated heterocycles. The molecule has 2 atom stereocenters. The van der Waals surface area contributed by atoms with Crippen LogP contribution in [0.5, 0.6) is 11.5 Å². The normalized spacial score (nSPS) is 18.8. The summed E-state index contributed by atoms with van der Waals surface area (Å²) in [4.78, 5) is 11.6. The number of amides is 1. The van der Waals surface area contributed by atoms with Crippen molar-refractivity contribution >= 4 is 6.09 Å². The number of carbonyl (C=O) groups is 1. The smallest absolute Gasteiger partial charge is 0.433 e. The standard InChI is InChI=1S/C20H21NO4/c1-24-20(22)21(23)19-12-6-8-16(19)13-15-7-5-11-18(14-15)25-17-9-3-2-4-10-17/h2-11,14,16,19,23H,12-13H2,1H3/t16-,19+/m0/s1. The highest BCUT2D eigenvalue weighted by Gasteiger charge is 2.31. The van der Waals surface area contributed by atoms with Crippen LogP contribution in [0.25, 0.3) is 0 Å². The molecule has 5 heteroatoms. The van der Waals surface area contributed by atoms with Gasteiger partial charge in [-0.25, -0.2) is 4.79 Å². The van der Waals surface area contributed by atoms with E-state index in [1.807, 2.05) is 66.7 Å². The summed E-state index contributed by atoms with van der Waals surface area (Å²) in [6, 6.07) is 17.1. The Morgan fingerprint density at radius 3 is 2.68 bits per heavy atom. The fraction of sp³-hybridized carbons (Fsp3) is 0.250. The number of carbonyl (C=O) groups excluding carboxylic acids is 1. The van der Waals surface area contributed by atoms with Gasteiger partial charge in [-0.05, 0) is 42.7 Å². The molecule has 130 valence electrons. The fourth-order valence-corrected chi connectivity index (χ4v) is 3.04. The Bertz CT molecular complexity index is 744. The molecule has 0 saturated carbocycles. The molecule has 0 aromatic heterocycles. The summed E-state index contributed by atoms with van der Waals surface area (Å²) in [5.41, 5.74) is 1.08. The molecule has 0 heterocycles. The Hall–Kier alpha value is -2.79. The first kappa shape index (κ1) is 17.0. The van der Waals surface area contributed by atoms with Gasteiger partial charge in [0.25, 0.3) is 0 Å². The number of benzene rings is 2. The average Bonchev–Trinajstić information content (AvgIpc) is 3.09. The van der Waals surface area contributed by atoms with E-state index in [1.54, 1.807) is 0 Å². The van der Waals surface area contributed by atoms with Gasteiger partial charge in [0.15, 0.2) is 0 Å². The fourth-order valence-electron chi connectivity index (χ4n) is 3.04. The number of methoxy groups -OCH3 is 1. The first-order chi connectivity index (χ1) is 12.2. The van der Waals surface area contributed by atoms with Crippen LogP contribution in [0, 0.1) is 5.92 Å². The number of ether oxygens (including phenoxy) is 2. The molecule has 1 aliphatic rings. The van der Waals surface area contributed by atoms with Gasteiger partial charge in [-0.3, -0.25) is 5.21 Å². The number of nitrogens with zero attached hydrogens (tertiary/aromatic N) is 1. The Morgan fingerprint density at radius 1 is 1.16 bits per heavy atom. The zero-order valence-corrected chi connectivity index (χ0v) is 14.0. The molecular formula is C20H21NO4. The monoisotopic (exact) mass is 339 g/mol. The lowest BCUT2D eigenvalue weighted by Crippen LogP contribution is -2.40. The van der Waals surface area contributed by atoms with E-state index in [0.29, 0.717) is 17.9 Å². The van der Waals surface area contributed by atoms with Gasteiger partial charge in [0.2, 0.25) is 0 Å². The second kappa shape index (κ2) is 7.85. The lowest BCUT2D eigenvalue weighted by molar-refractivity contribution is -0.107. The highest BCUT2D eigenvalue weighted by atomic mass is 16.6. The van der Waals surface area contributed by atoms with Crippen LogP contribution in [0.1, 0.15) is 12.0 Å². The molecular weight excluding hydrogens is 318 g/mol. The molecule has 5 nitrogen and oxygen atoms in total. The minimum Gasteiger partial charge on any atom is -0.457 e. The Balaban J connectivity index is 1.69. The van der Waals surface area contributed by atoms with E-state index in [-0.39, 0.29) is 12.0 Å². The molecule has 1 amide bonds. The largest absolute Gasteiger partial charge is 0.457 e. The summed E-state index contributed by atoms with van der Waals surface area (Å²) < 4.78 is 10.5. The van der Waals surface area contributed by atoms with Gasteiger partial charge in [0, 0.05) is 5.92 Å². The van der Waals surface area contributed by atoms with Crippen LogP contribution in [0.3, 0.4) is 0 Å². The van der Waals surface area contributed by atoms with E-state index in [1.165, 1.54) is 7.11 Å². The maximum atomic E-state index is 11.6. The maximum Gasteiger partial charge on any atom is 0.433 e. The molecule has 0 radical (unpaired) electrons. The average molecular weight is 339 g/mol. The van der Waals surface area contributed by atoms with Crippen LogP contribution in [0.2, 0.25) is 0 Å². The Labute approximate surface area is 147 Å². The van der Waals surface area contributed by atoms with Crippen molar-refractivity contribution in [2.45, 2.75) is 18.9 Å². The van der Waals surface area contributed by atoms with Gasteiger partial charge < -0.3 is 9.47 Å². The Morgan fingerprint density at radius 2 is 1.92 bits per heavy atom. The molecule has 0 bridgehead atoms. The third-order valence-corrected chi connectivity index (χ3v) is 4.28. The van der Waals surface area contributed by atoms with Crippen molar-refractivity contribution < 1.29 is 19.5 Å². The van der Waals surface area contributed by atoms with Crippen LogP contribution in [0.4, 0.5) is 4.79 Å². The van der Waals surface area contributed by atoms with E-state index in [4.69, 9.17) is 4.74 Å². The SMILES string of the molecule is COC(=O)N(O)[C@@H]1CC=C[C@H]1Cc1cccc(Oc2ccccc2)c1. The van der Waals surface area contributed by atoms with E-state index >= 15 is 0 Å². The lowest BCUT2D eigenvalue weighted by atomic mass is 9.94. The van der Waals surface area contributed by atoms with Gasteiger partial charge in [-0.15, -0.1) is 0 Å². The molecule has 2 aromatic rings. The highest BCUT2D eigenvalue weighted by Crippen LogP contribution is 2.29. The van der Waals surface area contributed by atoms with Gasteiger partial charge >= 0.3 is 6.09 Å². The zero-order valence-electron chi connectivity index (χ0n) is 14.0. The molecule has 0 spiro atoms. The summed E-state index contributed by atoms with van der Waals surface area (Å²) in [5.74, 6) is 1.57. The van der Waals surface area contributed by atoms with Gasteiger partial charge in [-0.2, -0.15) is 5.06 Å². The molecule has 1 aliphatic carbocycles. The predicted octanol–water partition coefficient (Wildman–Crippen LogP) is 4.42. The topological polar surface area (TPSA) is 59.0 Å². The quantitative estimate of drug-likeness (QED) is 0.497. The van der Waals surface area contributed by atoms with Crippen molar-refractivity contribution in [2.75, 3.05) is 7.11 Å². The van der Waals surface area contributed by atoms with E-state index < -0.39 is 6.09 Å². The second-order valence-corrected chi connectivity index (χ2v) is 5.98. The molecule has 1 N–H and O–H groups in total. The first-order valence-electron chi connectivity index (χ1n) is 8.22. The summed E-state index contributed by atoms with van der Waals surface area (Å²) in [6.07, 6.45) is 4.57. The van der Waals surface area contributed by atoms with Crippen LogP contribution in [-0.4, -0.2) is 29.5 Å². The summed E-state index contributed by atoms with van der Waals surface area (Å²) in [6.45, 7) is 0. The predicted molar refractivity (Wildman–Crippen MR) is 93.7 cm³/mol. The molecule has 25 heavy (non-hydrogen) atoms. The molecule has 2 aromatic carbocycles. The van der Waals surface area contributed by atoms with Crippen LogP contribution < -0.4 is 4.74 Å². The van der Waals surface area contributed by atoms with Crippen molar-refractivity contribution in [3.05, 3.63) is 72.3 Å². The number of para-hydroxylation sites is 1. The van der Waals surface area contributed by atoms with Gasteiger partial charge in [-0.1, -0.05) is 42.5 Å². The van der Waals surface area contributed by atoms with Gasteiger partial charge in [0.05, 0.1) is 13.2 Å². The summed E-state index contributed by atoms with van der Waals surface area (Å²) in [5, 5.41) is 10.7. The van der Waals surface area contributed by atoms with E-state index in [2.05, 4.69) is 4.74 Å². The summed E-state index contributed by atoms with van der Waals surface area (Å²) in [7, 11) is 1.26. The molecule has 3 rings (SSSR count). The van der Waals surface area contributed by atoms with Crippen molar-refractivity contribution in [2.24, 2.45) is 5.92 Å². The second-order valence-electron chi connectivity index (χ2n) is 5.98. The van der Waals surface area contributed by atoms with Crippen molar-refractivity contribution in [3.8, 4) is 11.5 Å². The van der Waals surface area contributed by atoms with E-state index in [0.717, 1.165) is 17.1 Å². The minimum absolute atomic E-state index is 0.0241. The molecule has 0 fully saturated rings. The van der Waals surface area contributed by atoms with Gasteiger partial charge in [0.1, 0.15) is 11.5 Å². The first-order valence-corrected chi connectivity index (χ1v) is 8.22. The third-order valence-electron chi connectivity index (χ3n) is 4.28. The number of hydrogen-bond donors (Lipinski definition) is 1. The third kappa shape index (κ3) is 4.19.